The van der Waals surface area contributed by atoms with Gasteiger partial charge in [0.05, 0.1) is 14.2 Å². The third-order valence-electron chi connectivity index (χ3n) is 4.03. The van der Waals surface area contributed by atoms with Crippen LogP contribution in [0.1, 0.15) is 24.0 Å². The normalized spacial score (nSPS) is 13.9. The first-order chi connectivity index (χ1) is 11.7. The van der Waals surface area contributed by atoms with E-state index < -0.39 is 0 Å². The van der Waals surface area contributed by atoms with Crippen molar-refractivity contribution in [2.45, 2.75) is 25.4 Å². The highest BCUT2D eigenvalue weighted by Crippen LogP contribution is 2.30. The number of amides is 1. The van der Waals surface area contributed by atoms with Crippen molar-refractivity contribution in [3.8, 4) is 11.5 Å². The molecular weight excluding hydrogens is 322 g/mol. The molecule has 0 radical (unpaired) electrons. The number of nitrogens with zero attached hydrogens (tertiary/aromatic N) is 1. The van der Waals surface area contributed by atoms with Crippen LogP contribution in [0.2, 0.25) is 0 Å². The highest BCUT2D eigenvalue weighted by molar-refractivity contribution is 7.07. The van der Waals surface area contributed by atoms with Gasteiger partial charge in [0, 0.05) is 18.7 Å². The molecule has 2 aromatic rings. The summed E-state index contributed by atoms with van der Waals surface area (Å²) in [6.45, 7) is 0.684. The number of hydrogen-bond acceptors (Lipinski definition) is 4. The fourth-order valence-electron chi connectivity index (χ4n) is 2.57. The Balaban J connectivity index is 1.71. The molecule has 4 nitrogen and oxygen atoms in total. The molecule has 126 valence electrons. The van der Waals surface area contributed by atoms with E-state index in [4.69, 9.17) is 9.47 Å². The molecular formula is C19H21NO3S. The lowest BCUT2D eigenvalue weighted by molar-refractivity contribution is -0.127. The maximum atomic E-state index is 12.6. The third-order valence-corrected chi connectivity index (χ3v) is 4.76. The van der Waals surface area contributed by atoms with Gasteiger partial charge in [0.1, 0.15) is 0 Å². The lowest BCUT2D eigenvalue weighted by atomic mass is 10.2. The van der Waals surface area contributed by atoms with Gasteiger partial charge in [0.2, 0.25) is 5.91 Å². The average Bonchev–Trinajstić information content (AvgIpc) is 3.32. The van der Waals surface area contributed by atoms with Gasteiger partial charge in [-0.05, 0) is 59.0 Å². The highest BCUT2D eigenvalue weighted by atomic mass is 32.1. The molecule has 0 N–H and O–H groups in total. The molecule has 5 heteroatoms. The Morgan fingerprint density at radius 2 is 2.04 bits per heavy atom. The number of methoxy groups -OCH3 is 2. The van der Waals surface area contributed by atoms with E-state index in [2.05, 4.69) is 11.4 Å². The maximum Gasteiger partial charge on any atom is 0.247 e. The molecule has 3 rings (SSSR count). The van der Waals surface area contributed by atoms with Crippen molar-refractivity contribution >= 4 is 23.3 Å². The molecule has 1 aliphatic carbocycles. The first-order valence-corrected chi connectivity index (χ1v) is 8.87. The number of hydrogen-bond donors (Lipinski definition) is 0. The molecule has 1 amide bonds. The van der Waals surface area contributed by atoms with E-state index in [1.54, 1.807) is 31.6 Å². The molecule has 0 unspecified atom stereocenters. The summed E-state index contributed by atoms with van der Waals surface area (Å²) in [5.74, 6) is 1.39. The van der Waals surface area contributed by atoms with E-state index >= 15 is 0 Å². The van der Waals surface area contributed by atoms with Crippen LogP contribution >= 0.6 is 11.3 Å². The molecule has 1 fully saturated rings. The van der Waals surface area contributed by atoms with E-state index in [0.717, 1.165) is 18.4 Å². The van der Waals surface area contributed by atoms with Crippen LogP contribution < -0.4 is 9.47 Å². The zero-order chi connectivity index (χ0) is 16.9. The lowest BCUT2D eigenvalue weighted by Crippen LogP contribution is -2.30. The Bertz CT molecular complexity index is 720. The summed E-state index contributed by atoms with van der Waals surface area (Å²) in [5, 5.41) is 4.14. The molecule has 0 atom stereocenters. The van der Waals surface area contributed by atoms with E-state index in [0.29, 0.717) is 24.1 Å². The van der Waals surface area contributed by atoms with Crippen molar-refractivity contribution in [2.75, 3.05) is 14.2 Å². The van der Waals surface area contributed by atoms with Gasteiger partial charge in [0.15, 0.2) is 11.5 Å². The number of ether oxygens (including phenoxy) is 2. The molecule has 1 aliphatic rings. The standard InChI is InChI=1S/C19H21NO3S/c1-22-17-7-3-14(11-18(17)23-2)4-8-19(21)20(16-5-6-16)12-15-9-10-24-13-15/h3-4,7-11,13,16H,5-6,12H2,1-2H3/b8-4+. The van der Waals surface area contributed by atoms with Crippen LogP contribution in [0.25, 0.3) is 6.08 Å². The van der Waals surface area contributed by atoms with Gasteiger partial charge in [0.25, 0.3) is 0 Å². The quantitative estimate of drug-likeness (QED) is 0.714. The number of benzene rings is 1. The number of carbonyl (C=O) groups excluding carboxylic acids is 1. The largest absolute Gasteiger partial charge is 0.493 e. The maximum absolute atomic E-state index is 12.6. The number of thiophene rings is 1. The Morgan fingerprint density at radius 3 is 2.67 bits per heavy atom. The van der Waals surface area contributed by atoms with Crippen molar-refractivity contribution < 1.29 is 14.3 Å². The fraction of sp³-hybridized carbons (Fsp3) is 0.316. The van der Waals surface area contributed by atoms with E-state index in [9.17, 15) is 4.79 Å². The van der Waals surface area contributed by atoms with Crippen molar-refractivity contribution in [3.63, 3.8) is 0 Å². The highest BCUT2D eigenvalue weighted by Gasteiger charge is 2.31. The second-order valence-electron chi connectivity index (χ2n) is 5.78. The molecule has 0 spiro atoms. The van der Waals surface area contributed by atoms with Gasteiger partial charge >= 0.3 is 0 Å². The first kappa shape index (κ1) is 16.6. The van der Waals surface area contributed by atoms with Crippen LogP contribution in [-0.4, -0.2) is 31.1 Å². The van der Waals surface area contributed by atoms with Crippen molar-refractivity contribution in [1.29, 1.82) is 0 Å². The van der Waals surface area contributed by atoms with Gasteiger partial charge < -0.3 is 14.4 Å². The van der Waals surface area contributed by atoms with E-state index in [1.165, 1.54) is 5.56 Å². The third kappa shape index (κ3) is 3.97. The molecule has 0 aliphatic heterocycles. The Kier molecular flexibility index (Phi) is 5.20. The van der Waals surface area contributed by atoms with Gasteiger partial charge in [-0.2, -0.15) is 11.3 Å². The van der Waals surface area contributed by atoms with Gasteiger partial charge in [-0.1, -0.05) is 6.07 Å². The summed E-state index contributed by atoms with van der Waals surface area (Å²) in [7, 11) is 3.21. The zero-order valence-electron chi connectivity index (χ0n) is 13.9. The minimum Gasteiger partial charge on any atom is -0.493 e. The molecule has 1 aromatic carbocycles. The van der Waals surface area contributed by atoms with Crippen LogP contribution in [0.4, 0.5) is 0 Å². The van der Waals surface area contributed by atoms with Crippen molar-refractivity contribution in [1.82, 2.24) is 4.90 Å². The monoisotopic (exact) mass is 343 g/mol. The minimum absolute atomic E-state index is 0.0542. The van der Waals surface area contributed by atoms with Gasteiger partial charge in [-0.25, -0.2) is 0 Å². The van der Waals surface area contributed by atoms with E-state index in [1.807, 2.05) is 34.6 Å². The van der Waals surface area contributed by atoms with Crippen molar-refractivity contribution in [2.24, 2.45) is 0 Å². The molecule has 24 heavy (non-hydrogen) atoms. The summed E-state index contributed by atoms with van der Waals surface area (Å²) in [4.78, 5) is 14.5. The first-order valence-electron chi connectivity index (χ1n) is 7.93. The topological polar surface area (TPSA) is 38.8 Å². The SMILES string of the molecule is COc1ccc(/C=C/C(=O)N(Cc2ccsc2)C2CC2)cc1OC. The van der Waals surface area contributed by atoms with Crippen LogP contribution in [0.15, 0.2) is 41.1 Å². The summed E-state index contributed by atoms with van der Waals surface area (Å²) in [6.07, 6.45) is 5.67. The van der Waals surface area contributed by atoms with Crippen LogP contribution in [-0.2, 0) is 11.3 Å². The summed E-state index contributed by atoms with van der Waals surface area (Å²) < 4.78 is 10.5. The molecule has 1 saturated carbocycles. The van der Waals surface area contributed by atoms with Gasteiger partial charge in [-0.15, -0.1) is 0 Å². The molecule has 0 bridgehead atoms. The molecule has 0 saturated heterocycles. The van der Waals surface area contributed by atoms with Crippen LogP contribution in [0.3, 0.4) is 0 Å². The van der Waals surface area contributed by atoms with E-state index in [-0.39, 0.29) is 5.91 Å². The van der Waals surface area contributed by atoms with Crippen LogP contribution in [0.5, 0.6) is 11.5 Å². The molecule has 1 heterocycles. The smallest absolute Gasteiger partial charge is 0.247 e. The fourth-order valence-corrected chi connectivity index (χ4v) is 3.23. The summed E-state index contributed by atoms with van der Waals surface area (Å²) in [5.41, 5.74) is 2.10. The van der Waals surface area contributed by atoms with Crippen LogP contribution in [0, 0.1) is 0 Å². The number of rotatable bonds is 7. The zero-order valence-corrected chi connectivity index (χ0v) is 14.7. The average molecular weight is 343 g/mol. The Morgan fingerprint density at radius 1 is 1.25 bits per heavy atom. The molecule has 1 aromatic heterocycles. The Hall–Kier alpha value is -2.27. The second kappa shape index (κ2) is 7.53. The summed E-state index contributed by atoms with van der Waals surface area (Å²) in [6, 6.07) is 8.07. The predicted octanol–water partition coefficient (Wildman–Crippen LogP) is 3.97. The number of carbonyl (C=O) groups is 1. The van der Waals surface area contributed by atoms with Crippen molar-refractivity contribution in [3.05, 3.63) is 52.2 Å². The second-order valence-corrected chi connectivity index (χ2v) is 6.56. The lowest BCUT2D eigenvalue weighted by Gasteiger charge is -2.20. The van der Waals surface area contributed by atoms with Gasteiger partial charge in [-0.3, -0.25) is 4.79 Å². The predicted molar refractivity (Wildman–Crippen MR) is 96.5 cm³/mol. The Labute approximate surface area is 146 Å². The minimum atomic E-state index is 0.0542. The summed E-state index contributed by atoms with van der Waals surface area (Å²) >= 11 is 1.66.